The molecule has 0 unspecified atom stereocenters. The van der Waals surface area contributed by atoms with Crippen LogP contribution in [-0.4, -0.2) is 27.6 Å². The maximum atomic E-state index is 12.8. The molecule has 26 heavy (non-hydrogen) atoms. The van der Waals surface area contributed by atoms with Crippen LogP contribution >= 0.6 is 11.8 Å². The average molecular weight is 364 g/mol. The second kappa shape index (κ2) is 7.62. The van der Waals surface area contributed by atoms with Crippen molar-refractivity contribution in [1.29, 1.82) is 0 Å². The Morgan fingerprint density at radius 3 is 2.50 bits per heavy atom. The topological polar surface area (TPSA) is 52.9 Å². The molecule has 4 nitrogen and oxygen atoms in total. The normalized spacial score (nSPS) is 17.3. The van der Waals surface area contributed by atoms with Gasteiger partial charge in [-0.1, -0.05) is 42.0 Å². The van der Waals surface area contributed by atoms with Gasteiger partial charge in [0.1, 0.15) is 11.4 Å². The molecule has 2 aromatic carbocycles. The second-order valence-corrected chi connectivity index (χ2v) is 7.12. The van der Waals surface area contributed by atoms with Crippen LogP contribution in [0.1, 0.15) is 16.7 Å². The van der Waals surface area contributed by atoms with Crippen molar-refractivity contribution < 1.29 is 9.90 Å². The summed E-state index contributed by atoms with van der Waals surface area (Å²) in [6, 6.07) is 13.3. The molecule has 1 aliphatic rings. The van der Waals surface area contributed by atoms with E-state index in [0.717, 1.165) is 11.1 Å². The first kappa shape index (κ1) is 18.0. The van der Waals surface area contributed by atoms with Gasteiger partial charge in [0.15, 0.2) is 5.17 Å². The molecule has 0 radical (unpaired) electrons. The number of thioether (sulfide) groups is 1. The number of carbonyl (C=O) groups is 1. The Hall–Kier alpha value is -2.79. The van der Waals surface area contributed by atoms with E-state index in [0.29, 0.717) is 22.3 Å². The molecule has 1 N–H and O–H groups in total. The lowest BCUT2D eigenvalue weighted by Gasteiger charge is -2.12. The Kier molecular flexibility index (Phi) is 5.28. The zero-order valence-corrected chi connectivity index (χ0v) is 15.6. The molecule has 0 aromatic heterocycles. The number of rotatable bonds is 4. The minimum Gasteiger partial charge on any atom is -0.506 e. The standard InChI is InChI=1S/C21H20N2O2S/c1-4-11-23-20(25)19(13-16-8-5-14(2)6-9-16)26-21(23)22-17-10-7-15(3)12-18(17)24/h4-10,12-13,24H,1,11H2,2-3H3/b19-13-,22-21?. The van der Waals surface area contributed by atoms with Crippen LogP contribution in [0.4, 0.5) is 5.69 Å². The van der Waals surface area contributed by atoms with Crippen molar-refractivity contribution in [2.24, 2.45) is 4.99 Å². The average Bonchev–Trinajstić information content (AvgIpc) is 2.89. The van der Waals surface area contributed by atoms with Crippen LogP contribution in [0.2, 0.25) is 0 Å². The van der Waals surface area contributed by atoms with Crippen molar-refractivity contribution in [2.45, 2.75) is 13.8 Å². The maximum absolute atomic E-state index is 12.8. The third-order valence-corrected chi connectivity index (χ3v) is 4.93. The van der Waals surface area contributed by atoms with Crippen LogP contribution in [0.5, 0.6) is 5.75 Å². The molecule has 0 spiro atoms. The third-order valence-electron chi connectivity index (χ3n) is 3.92. The summed E-state index contributed by atoms with van der Waals surface area (Å²) in [7, 11) is 0. The van der Waals surface area contributed by atoms with Gasteiger partial charge in [-0.3, -0.25) is 9.69 Å². The lowest BCUT2D eigenvalue weighted by molar-refractivity contribution is -0.121. The number of aromatic hydroxyl groups is 1. The van der Waals surface area contributed by atoms with Crippen LogP contribution < -0.4 is 0 Å². The number of phenolic OH excluding ortho intramolecular Hbond substituents is 1. The minimum absolute atomic E-state index is 0.0973. The number of amides is 1. The lowest BCUT2D eigenvalue weighted by atomic mass is 10.1. The highest BCUT2D eigenvalue weighted by molar-refractivity contribution is 8.18. The van der Waals surface area contributed by atoms with Crippen molar-refractivity contribution >= 4 is 34.6 Å². The monoisotopic (exact) mass is 364 g/mol. The number of carbonyl (C=O) groups excluding carboxylic acids is 1. The molecule has 1 amide bonds. The minimum atomic E-state index is -0.110. The van der Waals surface area contributed by atoms with Crippen molar-refractivity contribution in [3.8, 4) is 5.75 Å². The summed E-state index contributed by atoms with van der Waals surface area (Å²) in [6.07, 6.45) is 3.53. The molecule has 5 heteroatoms. The highest BCUT2D eigenvalue weighted by Gasteiger charge is 2.32. The number of amidine groups is 1. The highest BCUT2D eigenvalue weighted by atomic mass is 32.2. The van der Waals surface area contributed by atoms with Gasteiger partial charge in [0.2, 0.25) is 0 Å². The Morgan fingerprint density at radius 1 is 1.15 bits per heavy atom. The van der Waals surface area contributed by atoms with Gasteiger partial charge in [0, 0.05) is 6.54 Å². The Labute approximate surface area is 157 Å². The van der Waals surface area contributed by atoms with Gasteiger partial charge in [-0.25, -0.2) is 4.99 Å². The fourth-order valence-corrected chi connectivity index (χ4v) is 3.53. The molecule has 1 fully saturated rings. The van der Waals surface area contributed by atoms with Gasteiger partial charge in [0.25, 0.3) is 5.91 Å². The van der Waals surface area contributed by atoms with E-state index in [1.165, 1.54) is 17.3 Å². The van der Waals surface area contributed by atoms with Crippen LogP contribution in [0.15, 0.2) is 65.0 Å². The van der Waals surface area contributed by atoms with Crippen molar-refractivity contribution in [3.05, 3.63) is 76.7 Å². The first-order valence-electron chi connectivity index (χ1n) is 8.25. The summed E-state index contributed by atoms with van der Waals surface area (Å²) in [5, 5.41) is 10.6. The number of hydrogen-bond acceptors (Lipinski definition) is 4. The smallest absolute Gasteiger partial charge is 0.267 e. The van der Waals surface area contributed by atoms with Crippen LogP contribution in [-0.2, 0) is 4.79 Å². The van der Waals surface area contributed by atoms with E-state index in [2.05, 4.69) is 11.6 Å². The molecule has 0 saturated carbocycles. The molecule has 0 atom stereocenters. The lowest BCUT2D eigenvalue weighted by Crippen LogP contribution is -2.29. The van der Waals surface area contributed by atoms with E-state index in [-0.39, 0.29) is 11.7 Å². The molecule has 2 aromatic rings. The van der Waals surface area contributed by atoms with Gasteiger partial charge in [-0.05, 0) is 54.9 Å². The molecular weight excluding hydrogens is 344 g/mol. The molecule has 132 valence electrons. The van der Waals surface area contributed by atoms with Gasteiger partial charge < -0.3 is 5.11 Å². The third kappa shape index (κ3) is 3.89. The number of aliphatic imine (C=N–C) groups is 1. The van der Waals surface area contributed by atoms with E-state index in [4.69, 9.17) is 0 Å². The van der Waals surface area contributed by atoms with Crippen LogP contribution in [0.3, 0.4) is 0 Å². The van der Waals surface area contributed by atoms with Crippen LogP contribution in [0, 0.1) is 13.8 Å². The van der Waals surface area contributed by atoms with E-state index in [1.54, 1.807) is 23.1 Å². The summed E-state index contributed by atoms with van der Waals surface area (Å²) in [4.78, 5) is 19.4. The quantitative estimate of drug-likeness (QED) is 0.626. The summed E-state index contributed by atoms with van der Waals surface area (Å²) < 4.78 is 0. The van der Waals surface area contributed by atoms with E-state index in [9.17, 15) is 9.90 Å². The number of benzene rings is 2. The van der Waals surface area contributed by atoms with Crippen molar-refractivity contribution in [3.63, 3.8) is 0 Å². The molecule has 0 aliphatic carbocycles. The molecular formula is C21H20N2O2S. The molecule has 1 aliphatic heterocycles. The number of phenols is 1. The fraction of sp³-hybridized carbons (Fsp3) is 0.143. The summed E-state index contributed by atoms with van der Waals surface area (Å²) in [6.45, 7) is 8.01. The number of hydrogen-bond donors (Lipinski definition) is 1. The first-order chi connectivity index (χ1) is 12.5. The zero-order valence-electron chi connectivity index (χ0n) is 14.8. The summed E-state index contributed by atoms with van der Waals surface area (Å²) in [5.41, 5.74) is 3.52. The van der Waals surface area contributed by atoms with Crippen molar-refractivity contribution in [2.75, 3.05) is 6.54 Å². The largest absolute Gasteiger partial charge is 0.506 e. The van der Waals surface area contributed by atoms with Crippen molar-refractivity contribution in [1.82, 2.24) is 4.90 Å². The van der Waals surface area contributed by atoms with Gasteiger partial charge >= 0.3 is 0 Å². The van der Waals surface area contributed by atoms with Crippen LogP contribution in [0.25, 0.3) is 6.08 Å². The van der Waals surface area contributed by atoms with Gasteiger partial charge in [-0.15, -0.1) is 6.58 Å². The van der Waals surface area contributed by atoms with E-state index >= 15 is 0 Å². The molecule has 0 bridgehead atoms. The molecule has 1 saturated heterocycles. The SMILES string of the molecule is C=CCN1C(=O)/C(=C/c2ccc(C)cc2)SC1=Nc1ccc(C)cc1O. The predicted octanol–water partition coefficient (Wildman–Crippen LogP) is 4.80. The predicted molar refractivity (Wildman–Crippen MR) is 109 cm³/mol. The Morgan fingerprint density at radius 2 is 1.85 bits per heavy atom. The Balaban J connectivity index is 1.97. The molecule has 1 heterocycles. The van der Waals surface area contributed by atoms with E-state index < -0.39 is 0 Å². The Bertz CT molecular complexity index is 914. The summed E-state index contributed by atoms with van der Waals surface area (Å²) in [5.74, 6) is -0.0131. The first-order valence-corrected chi connectivity index (χ1v) is 9.07. The summed E-state index contributed by atoms with van der Waals surface area (Å²) >= 11 is 1.30. The van der Waals surface area contributed by atoms with Gasteiger partial charge in [0.05, 0.1) is 4.91 Å². The number of nitrogens with zero attached hydrogens (tertiary/aromatic N) is 2. The zero-order chi connectivity index (χ0) is 18.7. The maximum Gasteiger partial charge on any atom is 0.267 e. The second-order valence-electron chi connectivity index (χ2n) is 6.11. The fourth-order valence-electron chi connectivity index (χ4n) is 2.53. The molecule has 3 rings (SSSR count). The van der Waals surface area contributed by atoms with E-state index in [1.807, 2.05) is 50.3 Å². The highest BCUT2D eigenvalue weighted by Crippen LogP contribution is 2.36. The number of aryl methyl sites for hydroxylation is 2. The van der Waals surface area contributed by atoms with Gasteiger partial charge in [-0.2, -0.15) is 0 Å².